The summed E-state index contributed by atoms with van der Waals surface area (Å²) in [5.41, 5.74) is 0.161. The minimum absolute atomic E-state index is 0.0945. The number of aromatic nitrogens is 2. The number of halogens is 1. The molecule has 2 heterocycles. The highest BCUT2D eigenvalue weighted by Crippen LogP contribution is 2.32. The monoisotopic (exact) mass is 346 g/mol. The van der Waals surface area contributed by atoms with Crippen molar-refractivity contribution in [3.63, 3.8) is 0 Å². The fraction of sp³-hybridized carbons (Fsp3) is 0.692. The standard InChI is InChI=1S/C13H19ClN4O3S/c1-17-13(19)12(14)11(8-15-17)16-9-4-6-18(7-5-9)22(20,21)10-2-3-10/h8-10,16H,2-7H2,1H3. The lowest BCUT2D eigenvalue weighted by molar-refractivity contribution is 0.329. The largest absolute Gasteiger partial charge is 0.380 e. The Morgan fingerprint density at radius 2 is 1.91 bits per heavy atom. The van der Waals surface area contributed by atoms with Crippen LogP contribution >= 0.6 is 11.6 Å². The molecule has 7 nitrogen and oxygen atoms in total. The molecular weight excluding hydrogens is 328 g/mol. The van der Waals surface area contributed by atoms with Crippen LogP contribution in [0.2, 0.25) is 5.02 Å². The summed E-state index contributed by atoms with van der Waals surface area (Å²) in [7, 11) is -1.55. The second-order valence-corrected chi connectivity index (χ2v) is 8.45. The first-order valence-electron chi connectivity index (χ1n) is 7.37. The van der Waals surface area contributed by atoms with Gasteiger partial charge in [0.05, 0.1) is 17.1 Å². The molecule has 1 aliphatic carbocycles. The molecule has 9 heteroatoms. The fourth-order valence-corrected chi connectivity index (χ4v) is 4.76. The molecule has 1 saturated heterocycles. The summed E-state index contributed by atoms with van der Waals surface area (Å²) < 4.78 is 27.1. The fourth-order valence-electron chi connectivity index (χ4n) is 2.66. The van der Waals surface area contributed by atoms with Gasteiger partial charge in [-0.05, 0) is 25.7 Å². The maximum atomic E-state index is 12.2. The van der Waals surface area contributed by atoms with Crippen LogP contribution in [0.5, 0.6) is 0 Å². The van der Waals surface area contributed by atoms with Crippen LogP contribution in [0.25, 0.3) is 0 Å². The number of nitrogens with one attached hydrogen (secondary N) is 1. The Kier molecular flexibility index (Phi) is 4.17. The summed E-state index contributed by atoms with van der Waals surface area (Å²) in [6.07, 6.45) is 4.48. The van der Waals surface area contributed by atoms with E-state index in [0.29, 0.717) is 31.6 Å². The summed E-state index contributed by atoms with van der Waals surface area (Å²) in [6.45, 7) is 1.01. The zero-order valence-corrected chi connectivity index (χ0v) is 13.9. The molecule has 1 N–H and O–H groups in total. The third-order valence-corrected chi connectivity index (χ3v) is 6.96. The van der Waals surface area contributed by atoms with E-state index >= 15 is 0 Å². The van der Waals surface area contributed by atoms with E-state index in [1.807, 2.05) is 0 Å². The Morgan fingerprint density at radius 1 is 1.27 bits per heavy atom. The van der Waals surface area contributed by atoms with Crippen LogP contribution in [0.15, 0.2) is 11.0 Å². The molecule has 0 spiro atoms. The third kappa shape index (κ3) is 3.00. The van der Waals surface area contributed by atoms with Gasteiger partial charge in [0.15, 0.2) is 0 Å². The highest BCUT2D eigenvalue weighted by molar-refractivity contribution is 7.90. The molecule has 2 aliphatic rings. The van der Waals surface area contributed by atoms with Crippen LogP contribution in [-0.2, 0) is 17.1 Å². The van der Waals surface area contributed by atoms with Crippen LogP contribution in [0, 0.1) is 0 Å². The lowest BCUT2D eigenvalue weighted by Gasteiger charge is -2.32. The zero-order chi connectivity index (χ0) is 15.9. The minimum Gasteiger partial charge on any atom is -0.380 e. The quantitative estimate of drug-likeness (QED) is 0.871. The van der Waals surface area contributed by atoms with Crippen molar-refractivity contribution in [3.05, 3.63) is 21.6 Å². The number of piperidine rings is 1. The van der Waals surface area contributed by atoms with Crippen molar-refractivity contribution < 1.29 is 8.42 Å². The molecule has 0 amide bonds. The molecule has 1 saturated carbocycles. The van der Waals surface area contributed by atoms with E-state index < -0.39 is 10.0 Å². The first-order valence-corrected chi connectivity index (χ1v) is 9.25. The van der Waals surface area contributed by atoms with Crippen molar-refractivity contribution in [2.45, 2.75) is 37.0 Å². The van der Waals surface area contributed by atoms with Crippen LogP contribution in [0.3, 0.4) is 0 Å². The predicted octanol–water partition coefficient (Wildman–Crippen LogP) is 0.802. The van der Waals surface area contributed by atoms with Crippen LogP contribution < -0.4 is 10.9 Å². The van der Waals surface area contributed by atoms with Crippen molar-refractivity contribution in [2.24, 2.45) is 7.05 Å². The van der Waals surface area contributed by atoms with Crippen LogP contribution in [0.1, 0.15) is 25.7 Å². The molecule has 122 valence electrons. The Balaban J connectivity index is 1.63. The van der Waals surface area contributed by atoms with Crippen LogP contribution in [-0.4, -0.2) is 46.9 Å². The van der Waals surface area contributed by atoms with Gasteiger partial charge in [-0.3, -0.25) is 4.79 Å². The normalized spacial score (nSPS) is 21.0. The van der Waals surface area contributed by atoms with Gasteiger partial charge >= 0.3 is 0 Å². The number of anilines is 1. The number of aryl methyl sites for hydroxylation is 1. The number of sulfonamides is 1. The number of rotatable bonds is 4. The van der Waals surface area contributed by atoms with Gasteiger partial charge < -0.3 is 5.32 Å². The van der Waals surface area contributed by atoms with Gasteiger partial charge in [0.2, 0.25) is 10.0 Å². The number of hydrogen-bond acceptors (Lipinski definition) is 5. The number of hydrogen-bond donors (Lipinski definition) is 1. The summed E-state index contributed by atoms with van der Waals surface area (Å²) in [5.74, 6) is 0. The molecule has 1 aromatic rings. The zero-order valence-electron chi connectivity index (χ0n) is 12.3. The van der Waals surface area contributed by atoms with Crippen molar-refractivity contribution in [1.29, 1.82) is 0 Å². The van der Waals surface area contributed by atoms with Crippen molar-refractivity contribution in [3.8, 4) is 0 Å². The average molecular weight is 347 g/mol. The van der Waals surface area contributed by atoms with E-state index in [0.717, 1.165) is 12.8 Å². The van der Waals surface area contributed by atoms with Gasteiger partial charge in [0.1, 0.15) is 5.02 Å². The van der Waals surface area contributed by atoms with E-state index in [-0.39, 0.29) is 21.9 Å². The molecule has 0 bridgehead atoms. The Hall–Kier alpha value is -1.12. The summed E-state index contributed by atoms with van der Waals surface area (Å²) in [6, 6.07) is 0.0945. The first-order chi connectivity index (χ1) is 10.4. The highest BCUT2D eigenvalue weighted by atomic mass is 35.5. The smallest absolute Gasteiger partial charge is 0.287 e. The van der Waals surface area contributed by atoms with E-state index in [9.17, 15) is 13.2 Å². The molecule has 1 aliphatic heterocycles. The molecule has 0 atom stereocenters. The maximum Gasteiger partial charge on any atom is 0.287 e. The van der Waals surface area contributed by atoms with Crippen molar-refractivity contribution in [2.75, 3.05) is 18.4 Å². The molecule has 0 unspecified atom stereocenters. The minimum atomic E-state index is -3.09. The molecule has 22 heavy (non-hydrogen) atoms. The Morgan fingerprint density at radius 3 is 2.50 bits per heavy atom. The summed E-state index contributed by atoms with van der Waals surface area (Å²) in [4.78, 5) is 11.7. The maximum absolute atomic E-state index is 12.2. The predicted molar refractivity (Wildman–Crippen MR) is 84.6 cm³/mol. The topological polar surface area (TPSA) is 84.3 Å². The lowest BCUT2D eigenvalue weighted by Crippen LogP contribution is -2.43. The van der Waals surface area contributed by atoms with Gasteiger partial charge in [0.25, 0.3) is 5.56 Å². The van der Waals surface area contributed by atoms with Gasteiger partial charge in [-0.25, -0.2) is 17.4 Å². The Labute approximate surface area is 134 Å². The first kappa shape index (κ1) is 15.8. The molecule has 3 rings (SSSR count). The molecule has 1 aromatic heterocycles. The van der Waals surface area contributed by atoms with E-state index in [1.54, 1.807) is 11.4 Å². The third-order valence-electron chi connectivity index (χ3n) is 4.20. The van der Waals surface area contributed by atoms with Crippen molar-refractivity contribution in [1.82, 2.24) is 14.1 Å². The van der Waals surface area contributed by atoms with Gasteiger partial charge in [-0.2, -0.15) is 5.10 Å². The molecular formula is C13H19ClN4O3S. The lowest BCUT2D eigenvalue weighted by atomic mass is 10.1. The highest BCUT2D eigenvalue weighted by Gasteiger charge is 2.41. The van der Waals surface area contributed by atoms with Gasteiger partial charge in [-0.15, -0.1) is 0 Å². The van der Waals surface area contributed by atoms with Gasteiger partial charge in [-0.1, -0.05) is 11.6 Å². The average Bonchev–Trinajstić information content (AvgIpc) is 3.34. The van der Waals surface area contributed by atoms with Crippen molar-refractivity contribution >= 4 is 27.3 Å². The summed E-state index contributed by atoms with van der Waals surface area (Å²) in [5, 5.41) is 7.10. The van der Waals surface area contributed by atoms with E-state index in [1.165, 1.54) is 10.9 Å². The van der Waals surface area contributed by atoms with Gasteiger partial charge in [0, 0.05) is 26.2 Å². The Bertz CT molecular complexity index is 721. The summed E-state index contributed by atoms with van der Waals surface area (Å²) >= 11 is 6.03. The van der Waals surface area contributed by atoms with E-state index in [4.69, 9.17) is 11.6 Å². The molecule has 0 aromatic carbocycles. The second kappa shape index (κ2) is 5.82. The SMILES string of the molecule is Cn1ncc(NC2CCN(S(=O)(=O)C3CC3)CC2)c(Cl)c1=O. The molecule has 0 radical (unpaired) electrons. The second-order valence-electron chi connectivity index (χ2n) is 5.86. The van der Waals surface area contributed by atoms with Crippen LogP contribution in [0.4, 0.5) is 5.69 Å². The van der Waals surface area contributed by atoms with E-state index in [2.05, 4.69) is 10.4 Å². The number of nitrogens with zero attached hydrogens (tertiary/aromatic N) is 3. The molecule has 2 fully saturated rings.